The summed E-state index contributed by atoms with van der Waals surface area (Å²) in [4.78, 5) is 0. The zero-order valence-corrected chi connectivity index (χ0v) is 10.6. The van der Waals surface area contributed by atoms with Crippen molar-refractivity contribution < 1.29 is 4.42 Å². The molecule has 0 fully saturated rings. The summed E-state index contributed by atoms with van der Waals surface area (Å²) in [5.41, 5.74) is 8.08. The Morgan fingerprint density at radius 1 is 1.35 bits per heavy atom. The van der Waals surface area contributed by atoms with Crippen LogP contribution in [0.4, 0.5) is 5.69 Å². The molecule has 92 valence electrons. The Labute approximate surface area is 99.8 Å². The van der Waals surface area contributed by atoms with Crippen LogP contribution in [0, 0.1) is 6.92 Å². The summed E-state index contributed by atoms with van der Waals surface area (Å²) in [7, 11) is 0. The third-order valence-electron chi connectivity index (χ3n) is 2.61. The first kappa shape index (κ1) is 11.6. The molecule has 17 heavy (non-hydrogen) atoms. The first-order valence-corrected chi connectivity index (χ1v) is 5.71. The van der Waals surface area contributed by atoms with Gasteiger partial charge in [-0.1, -0.05) is 13.8 Å². The molecule has 0 saturated heterocycles. The lowest BCUT2D eigenvalue weighted by atomic mass is 10.2. The summed E-state index contributed by atoms with van der Waals surface area (Å²) in [6, 6.07) is 0. The molecule has 2 rings (SSSR count). The number of hydrogen-bond acceptors (Lipinski definition) is 5. The summed E-state index contributed by atoms with van der Waals surface area (Å²) in [6.45, 7) is 8.58. The van der Waals surface area contributed by atoms with E-state index < -0.39 is 0 Å². The van der Waals surface area contributed by atoms with Gasteiger partial charge in [0, 0.05) is 12.5 Å². The van der Waals surface area contributed by atoms with Gasteiger partial charge in [0.05, 0.1) is 11.4 Å². The lowest BCUT2D eigenvalue weighted by Crippen LogP contribution is -2.00. The quantitative estimate of drug-likeness (QED) is 0.879. The van der Waals surface area contributed by atoms with E-state index in [1.54, 1.807) is 4.68 Å². The van der Waals surface area contributed by atoms with Crippen molar-refractivity contribution in [3.05, 3.63) is 11.6 Å². The number of aromatic nitrogens is 4. The molecular formula is C11H17N5O. The fraction of sp³-hybridized carbons (Fsp3) is 0.545. The lowest BCUT2D eigenvalue weighted by molar-refractivity contribution is 0.475. The van der Waals surface area contributed by atoms with Gasteiger partial charge in [-0.25, -0.2) is 0 Å². The first-order valence-electron chi connectivity index (χ1n) is 5.71. The van der Waals surface area contributed by atoms with E-state index in [1.165, 1.54) is 0 Å². The highest BCUT2D eigenvalue weighted by atomic mass is 16.4. The van der Waals surface area contributed by atoms with Crippen molar-refractivity contribution in [2.75, 3.05) is 5.73 Å². The number of nitrogen functional groups attached to an aromatic ring is 1. The van der Waals surface area contributed by atoms with Crippen molar-refractivity contribution >= 4 is 5.69 Å². The van der Waals surface area contributed by atoms with Crippen LogP contribution < -0.4 is 5.73 Å². The minimum atomic E-state index is 0.205. The second-order valence-electron chi connectivity index (χ2n) is 4.26. The van der Waals surface area contributed by atoms with Gasteiger partial charge in [-0.2, -0.15) is 5.10 Å². The molecular weight excluding hydrogens is 218 g/mol. The van der Waals surface area contributed by atoms with Gasteiger partial charge >= 0.3 is 0 Å². The Bertz CT molecular complexity index is 526. The number of rotatable bonds is 3. The molecule has 2 aromatic rings. The normalized spacial score (nSPS) is 11.4. The monoisotopic (exact) mass is 235 g/mol. The fourth-order valence-electron chi connectivity index (χ4n) is 1.61. The second-order valence-corrected chi connectivity index (χ2v) is 4.26. The van der Waals surface area contributed by atoms with E-state index in [0.717, 1.165) is 5.69 Å². The Kier molecular flexibility index (Phi) is 2.87. The summed E-state index contributed by atoms with van der Waals surface area (Å²) in [5, 5.41) is 12.4. The zero-order chi connectivity index (χ0) is 12.6. The topological polar surface area (TPSA) is 82.8 Å². The van der Waals surface area contributed by atoms with Crippen LogP contribution in [0.3, 0.4) is 0 Å². The van der Waals surface area contributed by atoms with Crippen LogP contribution in [0.2, 0.25) is 0 Å². The van der Waals surface area contributed by atoms with Gasteiger partial charge in [-0.15, -0.1) is 10.2 Å². The van der Waals surface area contributed by atoms with Gasteiger partial charge < -0.3 is 10.2 Å². The minimum Gasteiger partial charge on any atom is -0.419 e. The van der Waals surface area contributed by atoms with Gasteiger partial charge in [0.25, 0.3) is 5.89 Å². The van der Waals surface area contributed by atoms with E-state index in [0.29, 0.717) is 29.7 Å². The summed E-state index contributed by atoms with van der Waals surface area (Å²) >= 11 is 0. The molecule has 0 bridgehead atoms. The molecule has 0 amide bonds. The van der Waals surface area contributed by atoms with Crippen molar-refractivity contribution in [3.63, 3.8) is 0 Å². The predicted octanol–water partition coefficient (Wildman–Crippen LogP) is 1.97. The number of aryl methyl sites for hydroxylation is 2. The molecule has 2 heterocycles. The minimum absolute atomic E-state index is 0.205. The molecule has 0 aliphatic carbocycles. The molecule has 6 heteroatoms. The molecule has 0 aliphatic heterocycles. The fourth-order valence-corrected chi connectivity index (χ4v) is 1.61. The van der Waals surface area contributed by atoms with Gasteiger partial charge in [0.2, 0.25) is 5.89 Å². The smallest absolute Gasteiger partial charge is 0.268 e. The van der Waals surface area contributed by atoms with Crippen molar-refractivity contribution in [1.82, 2.24) is 20.0 Å². The standard InChI is InChI=1S/C11H17N5O/c1-5-16-9(8(12)7(4)15-16)11-14-13-10(17-11)6(2)3/h6H,5,12H2,1-4H3. The maximum atomic E-state index is 5.99. The van der Waals surface area contributed by atoms with Crippen molar-refractivity contribution in [2.45, 2.75) is 40.2 Å². The highest BCUT2D eigenvalue weighted by Crippen LogP contribution is 2.28. The average Bonchev–Trinajstić information content (AvgIpc) is 2.85. The SMILES string of the molecule is CCn1nc(C)c(N)c1-c1nnc(C(C)C)o1. The molecule has 0 unspecified atom stereocenters. The first-order chi connectivity index (χ1) is 8.04. The molecule has 0 aromatic carbocycles. The predicted molar refractivity (Wildman–Crippen MR) is 64.4 cm³/mol. The summed E-state index contributed by atoms with van der Waals surface area (Å²) < 4.78 is 7.38. The van der Waals surface area contributed by atoms with Crippen molar-refractivity contribution in [1.29, 1.82) is 0 Å². The molecule has 0 radical (unpaired) electrons. The summed E-state index contributed by atoms with van der Waals surface area (Å²) in [5.74, 6) is 1.26. The van der Waals surface area contributed by atoms with Crippen LogP contribution in [0.1, 0.15) is 38.3 Å². The highest BCUT2D eigenvalue weighted by Gasteiger charge is 2.20. The Hall–Kier alpha value is -1.85. The van der Waals surface area contributed by atoms with Gasteiger partial charge in [0.1, 0.15) is 5.69 Å². The lowest BCUT2D eigenvalue weighted by Gasteiger charge is -2.00. The van der Waals surface area contributed by atoms with Crippen LogP contribution in [-0.2, 0) is 6.54 Å². The largest absolute Gasteiger partial charge is 0.419 e. The molecule has 2 N–H and O–H groups in total. The van der Waals surface area contributed by atoms with Crippen molar-refractivity contribution in [3.8, 4) is 11.6 Å². The second kappa shape index (κ2) is 4.20. The molecule has 0 aliphatic rings. The van der Waals surface area contributed by atoms with Gasteiger partial charge in [-0.05, 0) is 13.8 Å². The van der Waals surface area contributed by atoms with Crippen LogP contribution in [0.5, 0.6) is 0 Å². The molecule has 6 nitrogen and oxygen atoms in total. The van der Waals surface area contributed by atoms with Crippen LogP contribution >= 0.6 is 0 Å². The molecule has 0 spiro atoms. The van der Waals surface area contributed by atoms with E-state index in [4.69, 9.17) is 10.2 Å². The zero-order valence-electron chi connectivity index (χ0n) is 10.6. The molecule has 0 atom stereocenters. The van der Waals surface area contributed by atoms with Crippen LogP contribution in [0.15, 0.2) is 4.42 Å². The van der Waals surface area contributed by atoms with Gasteiger partial charge in [0.15, 0.2) is 0 Å². The highest BCUT2D eigenvalue weighted by molar-refractivity contribution is 5.68. The number of nitrogens with two attached hydrogens (primary N) is 1. The van der Waals surface area contributed by atoms with Crippen LogP contribution in [0.25, 0.3) is 11.6 Å². The van der Waals surface area contributed by atoms with Crippen LogP contribution in [-0.4, -0.2) is 20.0 Å². The average molecular weight is 235 g/mol. The maximum Gasteiger partial charge on any atom is 0.268 e. The molecule has 2 aromatic heterocycles. The number of anilines is 1. The van der Waals surface area contributed by atoms with E-state index in [1.807, 2.05) is 27.7 Å². The Morgan fingerprint density at radius 2 is 2.06 bits per heavy atom. The van der Waals surface area contributed by atoms with E-state index in [9.17, 15) is 0 Å². The van der Waals surface area contributed by atoms with E-state index in [2.05, 4.69) is 15.3 Å². The third kappa shape index (κ3) is 1.90. The van der Waals surface area contributed by atoms with E-state index in [-0.39, 0.29) is 5.92 Å². The Balaban J connectivity index is 2.51. The van der Waals surface area contributed by atoms with E-state index >= 15 is 0 Å². The number of hydrogen-bond donors (Lipinski definition) is 1. The number of nitrogens with zero attached hydrogens (tertiary/aromatic N) is 4. The van der Waals surface area contributed by atoms with Crippen molar-refractivity contribution in [2.24, 2.45) is 0 Å². The van der Waals surface area contributed by atoms with Gasteiger partial charge in [-0.3, -0.25) is 4.68 Å². The Morgan fingerprint density at radius 3 is 2.59 bits per heavy atom. The molecule has 0 saturated carbocycles. The maximum absolute atomic E-state index is 5.99. The third-order valence-corrected chi connectivity index (χ3v) is 2.61. The summed E-state index contributed by atoms with van der Waals surface area (Å²) in [6.07, 6.45) is 0.